The number of nitrogens with zero attached hydrogens (tertiary/aromatic N) is 1. The summed E-state index contributed by atoms with van der Waals surface area (Å²) in [7, 11) is 0. The van der Waals surface area contributed by atoms with Gasteiger partial charge in [0.25, 0.3) is 5.91 Å². The van der Waals surface area contributed by atoms with Crippen molar-refractivity contribution in [3.63, 3.8) is 0 Å². The summed E-state index contributed by atoms with van der Waals surface area (Å²) in [5.41, 5.74) is 2.69. The smallest absolute Gasteiger partial charge is 0.408 e. The molecule has 0 saturated heterocycles. The van der Waals surface area contributed by atoms with Gasteiger partial charge in [0.1, 0.15) is 17.7 Å². The lowest BCUT2D eigenvalue weighted by atomic mass is 9.90. The molecule has 7 nitrogen and oxygen atoms in total. The SMILES string of the molecule is CCC(C)(C)N(C(=O)C(CS)NC(=O)OC(C)(C)C)C(C(=O)Nc1c(C)cccc1C)c1ccccc1C. The van der Waals surface area contributed by atoms with Crippen LogP contribution in [-0.4, -0.2) is 45.7 Å². The fraction of sp³-hybridized carbons (Fsp3) is 0.500. The van der Waals surface area contributed by atoms with E-state index < -0.39 is 35.2 Å². The second-order valence-corrected chi connectivity index (χ2v) is 11.6. The topological polar surface area (TPSA) is 87.7 Å². The van der Waals surface area contributed by atoms with Gasteiger partial charge < -0.3 is 20.3 Å². The third kappa shape index (κ3) is 7.76. The van der Waals surface area contributed by atoms with Gasteiger partial charge in [-0.05, 0) is 84.1 Å². The molecule has 2 unspecified atom stereocenters. The lowest BCUT2D eigenvalue weighted by Crippen LogP contribution is -2.59. The highest BCUT2D eigenvalue weighted by Crippen LogP contribution is 2.35. The predicted molar refractivity (Wildman–Crippen MR) is 157 cm³/mol. The molecule has 3 amide bonds. The summed E-state index contributed by atoms with van der Waals surface area (Å²) in [6.07, 6.45) is -0.143. The van der Waals surface area contributed by atoms with E-state index in [1.165, 1.54) is 0 Å². The second kappa shape index (κ2) is 12.7. The maximum atomic E-state index is 14.2. The zero-order valence-electron chi connectivity index (χ0n) is 24.1. The summed E-state index contributed by atoms with van der Waals surface area (Å²) in [6, 6.07) is 11.4. The number of hydrogen-bond acceptors (Lipinski definition) is 5. The Morgan fingerprint density at radius 1 is 0.921 bits per heavy atom. The van der Waals surface area contributed by atoms with Crippen LogP contribution in [0.3, 0.4) is 0 Å². The molecule has 2 rings (SSSR count). The maximum Gasteiger partial charge on any atom is 0.408 e. The van der Waals surface area contributed by atoms with Crippen LogP contribution in [0.1, 0.15) is 76.3 Å². The minimum atomic E-state index is -1.00. The lowest BCUT2D eigenvalue weighted by molar-refractivity contribution is -0.147. The number of ether oxygens (including phenoxy) is 1. The largest absolute Gasteiger partial charge is 0.444 e. The highest BCUT2D eigenvalue weighted by molar-refractivity contribution is 7.80. The van der Waals surface area contributed by atoms with E-state index in [4.69, 9.17) is 4.74 Å². The molecule has 0 fully saturated rings. The Balaban J connectivity index is 2.64. The maximum absolute atomic E-state index is 14.2. The molecular weight excluding hydrogens is 498 g/mol. The Labute approximate surface area is 233 Å². The molecule has 0 bridgehead atoms. The zero-order chi connectivity index (χ0) is 28.8. The van der Waals surface area contributed by atoms with E-state index in [0.717, 1.165) is 22.4 Å². The summed E-state index contributed by atoms with van der Waals surface area (Å²) in [5, 5.41) is 5.77. The van der Waals surface area contributed by atoms with Crippen molar-refractivity contribution < 1.29 is 19.1 Å². The van der Waals surface area contributed by atoms with Crippen LogP contribution in [0.2, 0.25) is 0 Å². The number of rotatable bonds is 9. The van der Waals surface area contributed by atoms with Gasteiger partial charge in [-0.15, -0.1) is 0 Å². The number of benzene rings is 2. The summed E-state index contributed by atoms with van der Waals surface area (Å²) in [5.74, 6) is -0.711. The first-order chi connectivity index (χ1) is 17.6. The van der Waals surface area contributed by atoms with Gasteiger partial charge in [-0.2, -0.15) is 12.6 Å². The Hall–Kier alpha value is -3.00. The average molecular weight is 542 g/mol. The molecule has 0 aliphatic heterocycles. The van der Waals surface area contributed by atoms with Gasteiger partial charge in [-0.1, -0.05) is 49.4 Å². The van der Waals surface area contributed by atoms with Crippen molar-refractivity contribution in [3.8, 4) is 0 Å². The second-order valence-electron chi connectivity index (χ2n) is 11.3. The van der Waals surface area contributed by atoms with Crippen LogP contribution in [0.4, 0.5) is 10.5 Å². The first kappa shape index (κ1) is 31.2. The van der Waals surface area contributed by atoms with Crippen molar-refractivity contribution >= 4 is 36.2 Å². The molecule has 0 heterocycles. The number of carbonyl (C=O) groups excluding carboxylic acids is 3. The van der Waals surface area contributed by atoms with Crippen LogP contribution in [0.5, 0.6) is 0 Å². The number of nitrogens with one attached hydrogen (secondary N) is 2. The molecule has 2 aromatic rings. The van der Waals surface area contributed by atoms with Crippen LogP contribution in [0.15, 0.2) is 42.5 Å². The summed E-state index contributed by atoms with van der Waals surface area (Å²) in [4.78, 5) is 42.6. The van der Waals surface area contributed by atoms with Crippen molar-refractivity contribution in [2.24, 2.45) is 0 Å². The molecular formula is C30H43N3O4S. The summed E-state index contributed by atoms with van der Waals surface area (Å²) in [6.45, 7) is 16.9. The monoisotopic (exact) mass is 541 g/mol. The molecule has 8 heteroatoms. The number of thiol groups is 1. The summed E-state index contributed by atoms with van der Waals surface area (Å²) < 4.78 is 5.39. The third-order valence-electron chi connectivity index (χ3n) is 6.65. The number of hydrogen-bond donors (Lipinski definition) is 3. The van der Waals surface area contributed by atoms with E-state index >= 15 is 0 Å². The van der Waals surface area contributed by atoms with Gasteiger partial charge in [0.05, 0.1) is 0 Å². The van der Waals surface area contributed by atoms with Gasteiger partial charge in [-0.25, -0.2) is 4.79 Å². The van der Waals surface area contributed by atoms with Crippen molar-refractivity contribution in [1.82, 2.24) is 10.2 Å². The van der Waals surface area contributed by atoms with Crippen molar-refractivity contribution in [3.05, 3.63) is 64.7 Å². The van der Waals surface area contributed by atoms with Crippen LogP contribution < -0.4 is 10.6 Å². The molecule has 0 radical (unpaired) electrons. The fourth-order valence-electron chi connectivity index (χ4n) is 4.24. The van der Waals surface area contributed by atoms with E-state index in [-0.39, 0.29) is 11.7 Å². The molecule has 2 atom stereocenters. The molecule has 0 aromatic heterocycles. The summed E-state index contributed by atoms with van der Waals surface area (Å²) >= 11 is 4.38. The highest BCUT2D eigenvalue weighted by Gasteiger charge is 2.43. The standard InChI is InChI=1S/C30H43N3O4S/c1-10-30(8,9)33(27(35)23(18-38)31-28(36)37-29(5,6)7)25(22-17-12-11-14-19(22)2)26(34)32-24-20(3)15-13-16-21(24)4/h11-17,23,25,38H,10,18H2,1-9H3,(H,31,36)(H,32,34). The Morgan fingerprint density at radius 3 is 1.97 bits per heavy atom. The Morgan fingerprint density at radius 2 is 1.47 bits per heavy atom. The van der Waals surface area contributed by atoms with E-state index in [2.05, 4.69) is 23.3 Å². The van der Waals surface area contributed by atoms with Crippen LogP contribution in [0, 0.1) is 20.8 Å². The van der Waals surface area contributed by atoms with E-state index in [9.17, 15) is 14.4 Å². The van der Waals surface area contributed by atoms with Gasteiger partial charge >= 0.3 is 6.09 Å². The number of amides is 3. The normalized spacial score (nSPS) is 13.3. The number of aryl methyl sites for hydroxylation is 3. The van der Waals surface area contributed by atoms with E-state index in [0.29, 0.717) is 12.0 Å². The van der Waals surface area contributed by atoms with Crippen molar-refractivity contribution in [2.45, 2.75) is 92.0 Å². The molecule has 0 aliphatic carbocycles. The van der Waals surface area contributed by atoms with Gasteiger partial charge in [0, 0.05) is 17.0 Å². The Kier molecular flexibility index (Phi) is 10.4. The number of alkyl carbamates (subject to hydrolysis) is 1. The average Bonchev–Trinajstić information content (AvgIpc) is 2.82. The number of para-hydroxylation sites is 1. The predicted octanol–water partition coefficient (Wildman–Crippen LogP) is 6.13. The molecule has 2 N–H and O–H groups in total. The molecule has 0 aliphatic rings. The molecule has 0 saturated carbocycles. The number of carbonyl (C=O) groups is 3. The van der Waals surface area contributed by atoms with Gasteiger partial charge in [-0.3, -0.25) is 9.59 Å². The van der Waals surface area contributed by atoms with Crippen LogP contribution >= 0.6 is 12.6 Å². The molecule has 38 heavy (non-hydrogen) atoms. The first-order valence-electron chi connectivity index (χ1n) is 13.0. The van der Waals surface area contributed by atoms with Crippen molar-refractivity contribution in [2.75, 3.05) is 11.1 Å². The van der Waals surface area contributed by atoms with Crippen molar-refractivity contribution in [1.29, 1.82) is 0 Å². The van der Waals surface area contributed by atoms with Gasteiger partial charge in [0.15, 0.2) is 0 Å². The van der Waals surface area contributed by atoms with Crippen LogP contribution in [-0.2, 0) is 14.3 Å². The molecule has 2 aromatic carbocycles. The minimum absolute atomic E-state index is 0.0351. The quantitative estimate of drug-likeness (QED) is 0.333. The Bertz CT molecular complexity index is 1140. The molecule has 0 spiro atoms. The molecule has 208 valence electrons. The van der Waals surface area contributed by atoms with E-state index in [1.807, 2.05) is 84.0 Å². The zero-order valence-corrected chi connectivity index (χ0v) is 25.0. The van der Waals surface area contributed by atoms with E-state index in [1.54, 1.807) is 25.7 Å². The first-order valence-corrected chi connectivity index (χ1v) is 13.6. The van der Waals surface area contributed by atoms with Gasteiger partial charge in [0.2, 0.25) is 5.91 Å². The number of anilines is 1. The fourth-order valence-corrected chi connectivity index (χ4v) is 4.49. The van der Waals surface area contributed by atoms with Crippen LogP contribution in [0.25, 0.3) is 0 Å². The lowest BCUT2D eigenvalue weighted by Gasteiger charge is -2.44. The third-order valence-corrected chi connectivity index (χ3v) is 7.01. The highest BCUT2D eigenvalue weighted by atomic mass is 32.1. The minimum Gasteiger partial charge on any atom is -0.444 e.